The summed E-state index contributed by atoms with van der Waals surface area (Å²) in [5, 5.41) is 0. The molecule has 2 heterocycles. The first-order valence-corrected chi connectivity index (χ1v) is 6.81. The number of esters is 1. The van der Waals surface area contributed by atoms with Crippen LogP contribution in [0.3, 0.4) is 0 Å². The normalized spacial score (nSPS) is 30.6. The number of hydrogen-bond donors (Lipinski definition) is 0. The number of rotatable bonds is 4. The van der Waals surface area contributed by atoms with Crippen molar-refractivity contribution in [1.82, 2.24) is 9.80 Å². The molecular formula is C13H24N2O3. The molecule has 18 heavy (non-hydrogen) atoms. The highest BCUT2D eigenvalue weighted by Gasteiger charge is 2.35. The van der Waals surface area contributed by atoms with Crippen molar-refractivity contribution in [1.29, 1.82) is 0 Å². The van der Waals surface area contributed by atoms with Gasteiger partial charge in [0.15, 0.2) is 0 Å². The second-order valence-corrected chi connectivity index (χ2v) is 5.32. The van der Waals surface area contributed by atoms with Gasteiger partial charge in [0, 0.05) is 39.3 Å². The van der Waals surface area contributed by atoms with E-state index in [9.17, 15) is 4.79 Å². The first-order chi connectivity index (χ1) is 8.70. The predicted octanol–water partition coefficient (Wildman–Crippen LogP) is 0.0595. The van der Waals surface area contributed by atoms with Crippen molar-refractivity contribution in [3.63, 3.8) is 0 Å². The largest absolute Gasteiger partial charge is 0.469 e. The second-order valence-electron chi connectivity index (χ2n) is 5.32. The highest BCUT2D eigenvalue weighted by Crippen LogP contribution is 2.23. The van der Waals surface area contributed by atoms with Gasteiger partial charge in [0.05, 0.1) is 26.2 Å². The molecule has 2 unspecified atom stereocenters. The van der Waals surface area contributed by atoms with Crippen LogP contribution in [0.15, 0.2) is 0 Å². The van der Waals surface area contributed by atoms with Gasteiger partial charge in [-0.1, -0.05) is 6.92 Å². The van der Waals surface area contributed by atoms with Crippen molar-refractivity contribution in [2.45, 2.75) is 6.92 Å². The fraction of sp³-hybridized carbons (Fsp3) is 0.923. The van der Waals surface area contributed by atoms with Gasteiger partial charge in [-0.05, 0) is 5.92 Å². The van der Waals surface area contributed by atoms with E-state index in [2.05, 4.69) is 16.7 Å². The molecule has 2 aliphatic rings. The van der Waals surface area contributed by atoms with Gasteiger partial charge in [-0.2, -0.15) is 0 Å². The highest BCUT2D eigenvalue weighted by molar-refractivity contribution is 5.73. The van der Waals surface area contributed by atoms with Crippen molar-refractivity contribution < 1.29 is 14.3 Å². The lowest BCUT2D eigenvalue weighted by atomic mass is 9.99. The van der Waals surface area contributed by atoms with Crippen LogP contribution in [0.5, 0.6) is 0 Å². The van der Waals surface area contributed by atoms with E-state index in [0.29, 0.717) is 5.92 Å². The molecule has 0 aromatic carbocycles. The van der Waals surface area contributed by atoms with Gasteiger partial charge < -0.3 is 14.4 Å². The molecule has 0 radical (unpaired) electrons. The molecule has 0 aromatic rings. The molecule has 0 N–H and O–H groups in total. The van der Waals surface area contributed by atoms with Gasteiger partial charge in [0.1, 0.15) is 0 Å². The molecule has 2 fully saturated rings. The molecule has 5 heteroatoms. The molecule has 2 saturated heterocycles. The Kier molecular flexibility index (Phi) is 4.97. The van der Waals surface area contributed by atoms with E-state index in [1.165, 1.54) is 7.11 Å². The Morgan fingerprint density at radius 1 is 1.22 bits per heavy atom. The Morgan fingerprint density at radius 3 is 2.56 bits per heavy atom. The summed E-state index contributed by atoms with van der Waals surface area (Å²) >= 11 is 0. The number of nitrogens with zero attached hydrogens (tertiary/aromatic N) is 2. The lowest BCUT2D eigenvalue weighted by molar-refractivity contribution is -0.146. The number of carbonyl (C=O) groups excluding carboxylic acids is 1. The number of morpholine rings is 1. The molecule has 0 saturated carbocycles. The minimum atomic E-state index is -0.0589. The molecule has 0 aromatic heterocycles. The zero-order chi connectivity index (χ0) is 13.0. The van der Waals surface area contributed by atoms with E-state index in [1.807, 2.05) is 0 Å². The maximum atomic E-state index is 11.6. The number of carbonyl (C=O) groups is 1. The third kappa shape index (κ3) is 3.43. The van der Waals surface area contributed by atoms with E-state index in [1.54, 1.807) is 0 Å². The second kappa shape index (κ2) is 6.50. The number of ether oxygens (including phenoxy) is 2. The van der Waals surface area contributed by atoms with Crippen molar-refractivity contribution >= 4 is 5.97 Å². The Hall–Kier alpha value is -0.650. The summed E-state index contributed by atoms with van der Waals surface area (Å²) in [6.07, 6.45) is 0. The molecule has 0 spiro atoms. The number of hydrogen-bond acceptors (Lipinski definition) is 5. The van der Waals surface area contributed by atoms with E-state index in [0.717, 1.165) is 52.5 Å². The summed E-state index contributed by atoms with van der Waals surface area (Å²) in [6.45, 7) is 9.86. The van der Waals surface area contributed by atoms with E-state index in [4.69, 9.17) is 9.47 Å². The van der Waals surface area contributed by atoms with Gasteiger partial charge in [0.25, 0.3) is 0 Å². The minimum Gasteiger partial charge on any atom is -0.469 e. The molecule has 5 nitrogen and oxygen atoms in total. The molecule has 0 amide bonds. The van der Waals surface area contributed by atoms with Crippen LogP contribution >= 0.6 is 0 Å². The van der Waals surface area contributed by atoms with Gasteiger partial charge in [0.2, 0.25) is 0 Å². The lowest BCUT2D eigenvalue weighted by Gasteiger charge is -2.28. The summed E-state index contributed by atoms with van der Waals surface area (Å²) in [7, 11) is 1.48. The van der Waals surface area contributed by atoms with Crippen LogP contribution in [0.1, 0.15) is 6.92 Å². The Bertz CT molecular complexity index is 279. The Morgan fingerprint density at radius 2 is 1.89 bits per heavy atom. The smallest absolute Gasteiger partial charge is 0.310 e. The maximum Gasteiger partial charge on any atom is 0.310 e. The first kappa shape index (κ1) is 13.8. The van der Waals surface area contributed by atoms with Crippen LogP contribution in [0.4, 0.5) is 0 Å². The topological polar surface area (TPSA) is 42.0 Å². The summed E-state index contributed by atoms with van der Waals surface area (Å²) in [5.41, 5.74) is 0. The van der Waals surface area contributed by atoms with Gasteiger partial charge in [-0.15, -0.1) is 0 Å². The molecule has 0 aliphatic carbocycles. The summed E-state index contributed by atoms with van der Waals surface area (Å²) in [6, 6.07) is 0. The number of likely N-dealkylation sites (tertiary alicyclic amines) is 1. The van der Waals surface area contributed by atoms with Crippen LogP contribution in [0.25, 0.3) is 0 Å². The molecule has 104 valence electrons. The minimum absolute atomic E-state index is 0.0553. The van der Waals surface area contributed by atoms with E-state index < -0.39 is 0 Å². The zero-order valence-electron chi connectivity index (χ0n) is 11.4. The van der Waals surface area contributed by atoms with E-state index in [-0.39, 0.29) is 11.9 Å². The molecule has 2 rings (SSSR count). The van der Waals surface area contributed by atoms with Gasteiger partial charge >= 0.3 is 5.97 Å². The van der Waals surface area contributed by atoms with Gasteiger partial charge in [-0.25, -0.2) is 0 Å². The van der Waals surface area contributed by atoms with Crippen LogP contribution in [0, 0.1) is 11.8 Å². The fourth-order valence-electron chi connectivity index (χ4n) is 2.82. The molecular weight excluding hydrogens is 232 g/mol. The summed E-state index contributed by atoms with van der Waals surface area (Å²) in [5.74, 6) is 0.401. The average Bonchev–Trinajstić information content (AvgIpc) is 2.78. The SMILES string of the molecule is COC(=O)C1CN(CCN2CCOCC2)CC1C. The highest BCUT2D eigenvalue weighted by atomic mass is 16.5. The summed E-state index contributed by atoms with van der Waals surface area (Å²) < 4.78 is 10.2. The monoisotopic (exact) mass is 256 g/mol. The van der Waals surface area contributed by atoms with Crippen molar-refractivity contribution in [2.75, 3.05) is 59.6 Å². The average molecular weight is 256 g/mol. The number of methoxy groups -OCH3 is 1. The fourth-order valence-corrected chi connectivity index (χ4v) is 2.82. The quantitative estimate of drug-likeness (QED) is 0.665. The van der Waals surface area contributed by atoms with Crippen molar-refractivity contribution in [3.05, 3.63) is 0 Å². The zero-order valence-corrected chi connectivity index (χ0v) is 11.4. The van der Waals surface area contributed by atoms with Crippen LogP contribution in [0.2, 0.25) is 0 Å². The van der Waals surface area contributed by atoms with Crippen LogP contribution < -0.4 is 0 Å². The third-order valence-electron chi connectivity index (χ3n) is 4.03. The molecule has 2 aliphatic heterocycles. The first-order valence-electron chi connectivity index (χ1n) is 6.81. The predicted molar refractivity (Wildman–Crippen MR) is 68.4 cm³/mol. The van der Waals surface area contributed by atoms with E-state index >= 15 is 0 Å². The van der Waals surface area contributed by atoms with Crippen LogP contribution in [-0.4, -0.2) is 75.4 Å². The lowest BCUT2D eigenvalue weighted by Crippen LogP contribution is -2.41. The molecule has 2 atom stereocenters. The van der Waals surface area contributed by atoms with Gasteiger partial charge in [-0.3, -0.25) is 9.69 Å². The van der Waals surface area contributed by atoms with Crippen LogP contribution in [-0.2, 0) is 14.3 Å². The summed E-state index contributed by atoms with van der Waals surface area (Å²) in [4.78, 5) is 16.4. The Labute approximate surface area is 109 Å². The van der Waals surface area contributed by atoms with Crippen molar-refractivity contribution in [2.24, 2.45) is 11.8 Å². The molecule has 0 bridgehead atoms. The third-order valence-corrected chi connectivity index (χ3v) is 4.03. The maximum absolute atomic E-state index is 11.6. The Balaban J connectivity index is 1.72. The van der Waals surface area contributed by atoms with Crippen molar-refractivity contribution in [3.8, 4) is 0 Å². The standard InChI is InChI=1S/C13H24N2O3/c1-11-9-15(10-12(11)13(16)17-2)4-3-14-5-7-18-8-6-14/h11-12H,3-10H2,1-2H3.